The van der Waals surface area contributed by atoms with E-state index in [0.29, 0.717) is 0 Å². The Morgan fingerprint density at radius 2 is 1.94 bits per heavy atom. The second kappa shape index (κ2) is 3.54. The number of hydrogen-bond donors (Lipinski definition) is 2. The molecule has 0 spiro atoms. The van der Waals surface area contributed by atoms with Gasteiger partial charge in [0.2, 0.25) is 0 Å². The predicted molar refractivity (Wildman–Crippen MR) is 59.6 cm³/mol. The summed E-state index contributed by atoms with van der Waals surface area (Å²) in [5.41, 5.74) is -1.13. The van der Waals surface area contributed by atoms with Crippen LogP contribution in [0.2, 0.25) is 0 Å². The van der Waals surface area contributed by atoms with Crippen LogP contribution in [0.4, 0.5) is 0 Å². The van der Waals surface area contributed by atoms with Gasteiger partial charge in [-0.1, -0.05) is 0 Å². The van der Waals surface area contributed by atoms with Crippen molar-refractivity contribution in [1.82, 2.24) is 9.55 Å². The zero-order valence-electron chi connectivity index (χ0n) is 8.67. The van der Waals surface area contributed by atoms with Crippen molar-refractivity contribution in [3.8, 4) is 0 Å². The molecule has 17 heavy (non-hydrogen) atoms. The van der Waals surface area contributed by atoms with Gasteiger partial charge in [-0.25, -0.2) is 4.79 Å². The number of benzene rings is 1. The molecule has 0 unspecified atom stereocenters. The number of H-pyrrole nitrogens is 1. The number of nitrogens with zero attached hydrogens (tertiary/aromatic N) is 1. The smallest absolute Gasteiger partial charge is 0.307 e. The lowest BCUT2D eigenvalue weighted by Crippen LogP contribution is -2.32. The van der Waals surface area contributed by atoms with Crippen molar-refractivity contribution in [2.75, 3.05) is 0 Å². The Kier molecular flexibility index (Phi) is 2.40. The van der Waals surface area contributed by atoms with Gasteiger partial charge >= 0.3 is 5.69 Å². The van der Waals surface area contributed by atoms with E-state index >= 15 is 0 Å². The lowest BCUT2D eigenvalue weighted by molar-refractivity contribution is 0.483. The average molecular weight is 256 g/mol. The first-order valence-corrected chi connectivity index (χ1v) is 5.95. The van der Waals surface area contributed by atoms with E-state index in [1.165, 1.54) is 13.1 Å². The van der Waals surface area contributed by atoms with Crippen LogP contribution in [0.5, 0.6) is 0 Å². The summed E-state index contributed by atoms with van der Waals surface area (Å²) in [5.74, 6) is 0. The van der Waals surface area contributed by atoms with Crippen LogP contribution in [0.3, 0.4) is 0 Å². The van der Waals surface area contributed by atoms with Crippen LogP contribution in [-0.4, -0.2) is 22.5 Å². The molecule has 1 aromatic heterocycles. The van der Waals surface area contributed by atoms with Gasteiger partial charge in [-0.2, -0.15) is 8.42 Å². The van der Waals surface area contributed by atoms with Crippen LogP contribution in [-0.2, 0) is 17.2 Å². The molecule has 8 heteroatoms. The molecule has 0 fully saturated rings. The molecule has 1 aromatic carbocycles. The zero-order chi connectivity index (χ0) is 12.8. The molecule has 0 saturated heterocycles. The van der Waals surface area contributed by atoms with Crippen molar-refractivity contribution >= 4 is 21.0 Å². The van der Waals surface area contributed by atoms with Crippen LogP contribution in [0.1, 0.15) is 0 Å². The zero-order valence-corrected chi connectivity index (χ0v) is 9.48. The Morgan fingerprint density at radius 3 is 2.53 bits per heavy atom. The van der Waals surface area contributed by atoms with Gasteiger partial charge in [0.25, 0.3) is 15.7 Å². The SMILES string of the molecule is Cn1c(=O)[nH]c2cc(S(=O)(=O)O)ccc2c1=O. The van der Waals surface area contributed by atoms with Gasteiger partial charge in [0.1, 0.15) is 0 Å². The largest absolute Gasteiger partial charge is 0.328 e. The van der Waals surface area contributed by atoms with Crippen molar-refractivity contribution in [2.45, 2.75) is 4.90 Å². The fraction of sp³-hybridized carbons (Fsp3) is 0.111. The Hall–Kier alpha value is -1.93. The first kappa shape index (κ1) is 11.6. The predicted octanol–water partition coefficient (Wildman–Crippen LogP) is -0.527. The van der Waals surface area contributed by atoms with Crippen molar-refractivity contribution in [1.29, 1.82) is 0 Å². The number of fused-ring (bicyclic) bond motifs is 1. The molecule has 2 aromatic rings. The number of rotatable bonds is 1. The summed E-state index contributed by atoms with van der Waals surface area (Å²) in [6, 6.07) is 3.36. The van der Waals surface area contributed by atoms with E-state index in [-0.39, 0.29) is 15.8 Å². The van der Waals surface area contributed by atoms with Gasteiger partial charge < -0.3 is 4.98 Å². The van der Waals surface area contributed by atoms with Crippen LogP contribution in [0.25, 0.3) is 10.9 Å². The summed E-state index contributed by atoms with van der Waals surface area (Å²) in [7, 11) is -3.06. The van der Waals surface area contributed by atoms with Gasteiger partial charge in [0, 0.05) is 7.05 Å². The molecule has 0 amide bonds. The van der Waals surface area contributed by atoms with Crippen LogP contribution in [0, 0.1) is 0 Å². The first-order valence-electron chi connectivity index (χ1n) is 4.51. The average Bonchev–Trinajstić information content (AvgIpc) is 2.24. The molecule has 7 nitrogen and oxygen atoms in total. The molecule has 2 N–H and O–H groups in total. The van der Waals surface area contributed by atoms with Gasteiger partial charge in [0.05, 0.1) is 15.8 Å². The third kappa shape index (κ3) is 1.87. The fourth-order valence-corrected chi connectivity index (χ4v) is 1.95. The summed E-state index contributed by atoms with van der Waals surface area (Å²) in [4.78, 5) is 24.9. The van der Waals surface area contributed by atoms with E-state index in [1.54, 1.807) is 0 Å². The molecule has 0 bridgehead atoms. The highest BCUT2D eigenvalue weighted by molar-refractivity contribution is 7.85. The highest BCUT2D eigenvalue weighted by Crippen LogP contribution is 2.13. The van der Waals surface area contributed by atoms with E-state index in [0.717, 1.165) is 16.7 Å². The Bertz CT molecular complexity index is 815. The molecular weight excluding hydrogens is 248 g/mol. The summed E-state index contributed by atoms with van der Waals surface area (Å²) in [6.07, 6.45) is 0. The Morgan fingerprint density at radius 1 is 1.29 bits per heavy atom. The molecule has 90 valence electrons. The van der Waals surface area contributed by atoms with E-state index in [1.807, 2.05) is 0 Å². The van der Waals surface area contributed by atoms with Gasteiger partial charge in [-0.3, -0.25) is 13.9 Å². The van der Waals surface area contributed by atoms with Crippen molar-refractivity contribution in [3.05, 3.63) is 39.0 Å². The van der Waals surface area contributed by atoms with Crippen molar-refractivity contribution in [2.24, 2.45) is 7.05 Å². The van der Waals surface area contributed by atoms with Crippen LogP contribution < -0.4 is 11.2 Å². The van der Waals surface area contributed by atoms with Gasteiger partial charge in [-0.15, -0.1) is 0 Å². The Balaban J connectivity index is 2.95. The Labute approximate surface area is 95.1 Å². The first-order chi connectivity index (χ1) is 7.80. The monoisotopic (exact) mass is 256 g/mol. The van der Waals surface area contributed by atoms with Crippen molar-refractivity contribution in [3.63, 3.8) is 0 Å². The maximum atomic E-state index is 11.6. The second-order valence-electron chi connectivity index (χ2n) is 3.48. The molecule has 2 rings (SSSR count). The van der Waals surface area contributed by atoms with Gasteiger partial charge in [-0.05, 0) is 18.2 Å². The van der Waals surface area contributed by atoms with Gasteiger partial charge in [0.15, 0.2) is 0 Å². The molecular formula is C9H8N2O5S. The standard InChI is InChI=1S/C9H8N2O5S/c1-11-8(12)6-3-2-5(17(14,15)16)4-7(6)10-9(11)13/h2-4H,1H3,(H,10,13)(H,14,15,16). The quantitative estimate of drug-likeness (QED) is 0.667. The minimum absolute atomic E-state index is 0.0632. The fourth-order valence-electron chi connectivity index (χ4n) is 1.45. The third-order valence-corrected chi connectivity index (χ3v) is 3.22. The minimum atomic E-state index is -4.36. The topological polar surface area (TPSA) is 109 Å². The summed E-state index contributed by atoms with van der Waals surface area (Å²) >= 11 is 0. The van der Waals surface area contributed by atoms with E-state index in [2.05, 4.69) is 4.98 Å². The third-order valence-electron chi connectivity index (χ3n) is 2.37. The van der Waals surface area contributed by atoms with Crippen LogP contribution in [0.15, 0.2) is 32.7 Å². The summed E-state index contributed by atoms with van der Waals surface area (Å²) < 4.78 is 31.5. The molecule has 1 heterocycles. The molecule has 0 aliphatic rings. The van der Waals surface area contributed by atoms with Crippen LogP contribution >= 0.6 is 0 Å². The molecule has 0 radical (unpaired) electrons. The maximum absolute atomic E-state index is 11.6. The minimum Gasteiger partial charge on any atom is -0.307 e. The second-order valence-corrected chi connectivity index (χ2v) is 4.90. The molecule has 0 saturated carbocycles. The lowest BCUT2D eigenvalue weighted by Gasteiger charge is -2.02. The van der Waals surface area contributed by atoms with Crippen molar-refractivity contribution < 1.29 is 13.0 Å². The highest BCUT2D eigenvalue weighted by Gasteiger charge is 2.12. The maximum Gasteiger partial charge on any atom is 0.328 e. The molecule has 0 aliphatic carbocycles. The summed E-state index contributed by atoms with van der Waals surface area (Å²) in [5, 5.41) is 0.166. The van der Waals surface area contributed by atoms with E-state index in [9.17, 15) is 18.0 Å². The summed E-state index contributed by atoms with van der Waals surface area (Å²) in [6.45, 7) is 0. The number of aromatic amines is 1. The highest BCUT2D eigenvalue weighted by atomic mass is 32.2. The normalized spacial score (nSPS) is 11.9. The number of hydrogen-bond acceptors (Lipinski definition) is 4. The number of nitrogens with one attached hydrogen (secondary N) is 1. The lowest BCUT2D eigenvalue weighted by atomic mass is 10.2. The van der Waals surface area contributed by atoms with E-state index < -0.39 is 21.4 Å². The number of aromatic nitrogens is 2. The molecule has 0 atom stereocenters. The molecule has 0 aliphatic heterocycles. The van der Waals surface area contributed by atoms with E-state index in [4.69, 9.17) is 4.55 Å².